The number of benzene rings is 4. The third-order valence-electron chi connectivity index (χ3n) is 5.21. The van der Waals surface area contributed by atoms with Gasteiger partial charge in [-0.2, -0.15) is 0 Å². The molecule has 0 spiro atoms. The van der Waals surface area contributed by atoms with Crippen molar-refractivity contribution in [1.29, 1.82) is 0 Å². The van der Waals surface area contributed by atoms with E-state index in [0.29, 0.717) is 10.0 Å². The maximum Gasteiger partial charge on any atom is 0.0816 e. The lowest BCUT2D eigenvalue weighted by Gasteiger charge is -2.06. The number of rotatable bonds is 8. The second kappa shape index (κ2) is 12.7. The number of hydrogen-bond donors (Lipinski definition) is 0. The van der Waals surface area contributed by atoms with Crippen LogP contribution < -0.4 is 0 Å². The average Bonchev–Trinajstić information content (AvgIpc) is 2.88. The number of hydrogen-bond acceptors (Lipinski definition) is 2. The first kappa shape index (κ1) is 24.4. The van der Waals surface area contributed by atoms with E-state index < -0.39 is 0 Å². The lowest BCUT2D eigenvalue weighted by atomic mass is 10.0. The van der Waals surface area contributed by atoms with E-state index in [4.69, 9.17) is 23.2 Å². The molecule has 0 N–H and O–H groups in total. The van der Waals surface area contributed by atoms with Gasteiger partial charge in [-0.25, -0.2) is 0 Å². The van der Waals surface area contributed by atoms with Crippen LogP contribution in [0.2, 0.25) is 10.0 Å². The van der Waals surface area contributed by atoms with Gasteiger partial charge >= 0.3 is 0 Å². The lowest BCUT2D eigenvalue weighted by Crippen LogP contribution is -1.88. The van der Waals surface area contributed by atoms with Crippen LogP contribution in [-0.2, 0) is 6.42 Å². The molecule has 0 fully saturated rings. The van der Waals surface area contributed by atoms with Crippen LogP contribution in [0.1, 0.15) is 22.3 Å². The van der Waals surface area contributed by atoms with Crippen LogP contribution in [0.15, 0.2) is 119 Å². The highest BCUT2D eigenvalue weighted by Crippen LogP contribution is 2.29. The Balaban J connectivity index is 1.36. The highest BCUT2D eigenvalue weighted by molar-refractivity contribution is 6.33. The van der Waals surface area contributed by atoms with E-state index in [1.807, 2.05) is 121 Å². The third kappa shape index (κ3) is 7.65. The highest BCUT2D eigenvalue weighted by atomic mass is 35.5. The van der Waals surface area contributed by atoms with Gasteiger partial charge in [-0.3, -0.25) is 9.98 Å². The fourth-order valence-electron chi connectivity index (χ4n) is 3.45. The zero-order valence-corrected chi connectivity index (χ0v) is 20.6. The predicted molar refractivity (Wildman–Crippen MR) is 153 cm³/mol. The minimum Gasteiger partial charge on any atom is -0.255 e. The normalized spacial score (nSPS) is 11.9. The molecule has 0 unspecified atom stereocenters. The summed E-state index contributed by atoms with van der Waals surface area (Å²) in [5.41, 5.74) is 5.90. The van der Waals surface area contributed by atoms with E-state index in [9.17, 15) is 0 Å². The van der Waals surface area contributed by atoms with Crippen molar-refractivity contribution in [2.75, 3.05) is 0 Å². The Kier molecular flexibility index (Phi) is 8.83. The quantitative estimate of drug-likeness (QED) is 0.218. The Morgan fingerprint density at radius 1 is 0.543 bits per heavy atom. The Bertz CT molecular complexity index is 1270. The molecule has 0 aliphatic rings. The van der Waals surface area contributed by atoms with Crippen molar-refractivity contribution in [3.63, 3.8) is 0 Å². The van der Waals surface area contributed by atoms with Gasteiger partial charge in [0.1, 0.15) is 0 Å². The van der Waals surface area contributed by atoms with Gasteiger partial charge < -0.3 is 0 Å². The van der Waals surface area contributed by atoms with Gasteiger partial charge in [-0.1, -0.05) is 108 Å². The van der Waals surface area contributed by atoms with E-state index in [1.165, 1.54) is 0 Å². The van der Waals surface area contributed by atoms with E-state index in [-0.39, 0.29) is 0 Å². The molecule has 0 amide bonds. The smallest absolute Gasteiger partial charge is 0.0816 e. The van der Waals surface area contributed by atoms with Gasteiger partial charge in [0.15, 0.2) is 0 Å². The average molecular weight is 495 g/mol. The zero-order valence-electron chi connectivity index (χ0n) is 19.1. The molecule has 0 atom stereocenters. The van der Waals surface area contributed by atoms with Crippen LogP contribution in [0.25, 0.3) is 12.2 Å². The van der Waals surface area contributed by atoms with Gasteiger partial charge in [-0.05, 0) is 65.1 Å². The fourth-order valence-corrected chi connectivity index (χ4v) is 3.95. The standard InChI is InChI=1S/C31H24Cl2N2/c32-28-22-26(15-17-30(28)34-19-7-13-24-9-3-1-4-10-24)21-27-16-18-31(29(33)23-27)35-20-8-14-25-11-5-2-6-12-25/h1-20,22-23H,21H2/b13-7-,14-8-,34-19?,35-20?. The second-order valence-electron chi connectivity index (χ2n) is 7.84. The molecule has 0 aliphatic heterocycles. The maximum absolute atomic E-state index is 6.47. The highest BCUT2D eigenvalue weighted by Gasteiger charge is 2.05. The molecule has 0 bridgehead atoms. The maximum atomic E-state index is 6.47. The lowest BCUT2D eigenvalue weighted by molar-refractivity contribution is 1.19. The molecule has 0 radical (unpaired) electrons. The third-order valence-corrected chi connectivity index (χ3v) is 5.81. The topological polar surface area (TPSA) is 24.7 Å². The molecular formula is C31H24Cl2N2. The van der Waals surface area contributed by atoms with Crippen molar-refractivity contribution in [3.05, 3.63) is 142 Å². The summed E-state index contributed by atoms with van der Waals surface area (Å²) in [4.78, 5) is 8.93. The molecule has 2 nitrogen and oxygen atoms in total. The molecule has 4 aromatic rings. The van der Waals surface area contributed by atoms with Crippen molar-refractivity contribution in [2.45, 2.75) is 6.42 Å². The molecule has 0 saturated carbocycles. The molecule has 172 valence electrons. The molecule has 4 heteroatoms. The summed E-state index contributed by atoms with van der Waals surface area (Å²) in [6.45, 7) is 0. The minimum absolute atomic E-state index is 0.615. The van der Waals surface area contributed by atoms with E-state index in [1.54, 1.807) is 12.4 Å². The first-order valence-electron chi connectivity index (χ1n) is 11.3. The number of halogens is 2. The van der Waals surface area contributed by atoms with Crippen molar-refractivity contribution in [2.24, 2.45) is 9.98 Å². The zero-order chi connectivity index (χ0) is 24.3. The molecule has 35 heavy (non-hydrogen) atoms. The van der Waals surface area contributed by atoms with Crippen molar-refractivity contribution in [1.82, 2.24) is 0 Å². The van der Waals surface area contributed by atoms with Crippen LogP contribution in [0.5, 0.6) is 0 Å². The molecule has 0 aliphatic carbocycles. The van der Waals surface area contributed by atoms with Gasteiger partial charge in [0.05, 0.1) is 21.4 Å². The summed E-state index contributed by atoms with van der Waals surface area (Å²) in [7, 11) is 0. The molecule has 4 aromatic carbocycles. The number of aliphatic imine (C=N–C) groups is 2. The summed E-state index contributed by atoms with van der Waals surface area (Å²) in [5.74, 6) is 0. The Hall–Kier alpha value is -3.72. The van der Waals surface area contributed by atoms with Crippen LogP contribution in [0.3, 0.4) is 0 Å². The van der Waals surface area contributed by atoms with Gasteiger partial charge in [0.2, 0.25) is 0 Å². The number of nitrogens with zero attached hydrogens (tertiary/aromatic N) is 2. The number of allylic oxidation sites excluding steroid dienone is 2. The van der Waals surface area contributed by atoms with E-state index >= 15 is 0 Å². The summed E-state index contributed by atoms with van der Waals surface area (Å²) < 4.78 is 0. The second-order valence-corrected chi connectivity index (χ2v) is 8.66. The molecule has 4 rings (SSSR count). The molecular weight excluding hydrogens is 471 g/mol. The monoisotopic (exact) mass is 494 g/mol. The van der Waals surface area contributed by atoms with Crippen LogP contribution in [0, 0.1) is 0 Å². The van der Waals surface area contributed by atoms with E-state index in [2.05, 4.69) is 9.98 Å². The summed E-state index contributed by atoms with van der Waals surface area (Å²) >= 11 is 12.9. The predicted octanol–water partition coefficient (Wildman–Crippen LogP) is 9.42. The summed E-state index contributed by atoms with van der Waals surface area (Å²) in [5, 5.41) is 1.23. The van der Waals surface area contributed by atoms with Gasteiger partial charge in [-0.15, -0.1) is 0 Å². The molecule has 0 saturated heterocycles. The van der Waals surface area contributed by atoms with Crippen molar-refractivity contribution >= 4 is 59.2 Å². The Labute approximate surface area is 216 Å². The first-order valence-corrected chi connectivity index (χ1v) is 12.0. The fraction of sp³-hybridized carbons (Fsp3) is 0.0323. The Morgan fingerprint density at radius 2 is 0.971 bits per heavy atom. The van der Waals surface area contributed by atoms with Gasteiger partial charge in [0.25, 0.3) is 0 Å². The molecule has 0 aromatic heterocycles. The van der Waals surface area contributed by atoms with Gasteiger partial charge in [0, 0.05) is 12.4 Å². The molecule has 0 heterocycles. The van der Waals surface area contributed by atoms with Crippen LogP contribution >= 0.6 is 23.2 Å². The van der Waals surface area contributed by atoms with Crippen LogP contribution in [-0.4, -0.2) is 12.4 Å². The minimum atomic E-state index is 0.615. The summed E-state index contributed by atoms with van der Waals surface area (Å²) in [6.07, 6.45) is 12.0. The summed E-state index contributed by atoms with van der Waals surface area (Å²) in [6, 6.07) is 32.0. The van der Waals surface area contributed by atoms with Crippen LogP contribution in [0.4, 0.5) is 11.4 Å². The largest absolute Gasteiger partial charge is 0.255 e. The Morgan fingerprint density at radius 3 is 1.37 bits per heavy atom. The van der Waals surface area contributed by atoms with E-state index in [0.717, 1.165) is 40.0 Å². The van der Waals surface area contributed by atoms with Crippen molar-refractivity contribution < 1.29 is 0 Å². The SMILES string of the molecule is Clc1cc(Cc2ccc(N=C/C=C\c3ccccc3)c(Cl)c2)ccc1N=C/C=C\c1ccccc1. The van der Waals surface area contributed by atoms with Crippen molar-refractivity contribution in [3.8, 4) is 0 Å². The first-order chi connectivity index (χ1) is 17.2.